The number of quaternary nitrogens is 1. The second-order valence-corrected chi connectivity index (χ2v) is 13.8. The number of aliphatic hydroxyl groups is 3. The van der Waals surface area contributed by atoms with Crippen LogP contribution in [0.4, 0.5) is 0 Å². The van der Waals surface area contributed by atoms with Crippen LogP contribution in [0.25, 0.3) is 0 Å². The molecule has 0 radical (unpaired) electrons. The van der Waals surface area contributed by atoms with Gasteiger partial charge < -0.3 is 39.0 Å². The van der Waals surface area contributed by atoms with Crippen molar-refractivity contribution in [2.24, 2.45) is 17.8 Å². The Labute approximate surface area is 267 Å². The number of hydrogen-bond acceptors (Lipinski definition) is 12. The second kappa shape index (κ2) is 15.3. The zero-order valence-corrected chi connectivity index (χ0v) is 28.7. The van der Waals surface area contributed by atoms with Crippen molar-refractivity contribution >= 4 is 17.7 Å². The van der Waals surface area contributed by atoms with E-state index in [1.807, 2.05) is 0 Å². The average Bonchev–Trinajstić information content (AvgIpc) is 2.94. The maximum atomic E-state index is 13.9. The second-order valence-electron chi connectivity index (χ2n) is 13.8. The molecule has 0 saturated carbocycles. The van der Waals surface area contributed by atoms with Crippen molar-refractivity contribution in [1.82, 2.24) is 0 Å². The molecule has 0 amide bonds. The van der Waals surface area contributed by atoms with Crippen molar-refractivity contribution in [1.29, 1.82) is 0 Å². The van der Waals surface area contributed by atoms with Crippen molar-refractivity contribution in [3.63, 3.8) is 0 Å². The lowest BCUT2D eigenvalue weighted by atomic mass is 9.76. The number of cyclic esters (lactones) is 1. The van der Waals surface area contributed by atoms with E-state index >= 15 is 0 Å². The van der Waals surface area contributed by atoms with Crippen LogP contribution < -0.4 is 0 Å². The quantitative estimate of drug-likeness (QED) is 0.180. The zero-order chi connectivity index (χ0) is 34.7. The van der Waals surface area contributed by atoms with Crippen LogP contribution in [0.15, 0.2) is 11.6 Å². The number of Topliss-reactive ketones (excluding diaryl/α,β-unsaturated/α-hetero) is 1. The Morgan fingerprint density at radius 1 is 1.11 bits per heavy atom. The molecular weight excluding hydrogens is 590 g/mol. The summed E-state index contributed by atoms with van der Waals surface area (Å²) >= 11 is 0. The smallest absolute Gasteiger partial charge is 0.311 e. The molecule has 4 N–H and O–H groups in total. The summed E-state index contributed by atoms with van der Waals surface area (Å²) in [7, 11) is 4.51. The van der Waals surface area contributed by atoms with Crippen LogP contribution in [-0.2, 0) is 38.1 Å². The fraction of sp³-hybridized carbons (Fsp3) is 0.844. The fourth-order valence-corrected chi connectivity index (χ4v) is 6.52. The van der Waals surface area contributed by atoms with Crippen LogP contribution in [0.3, 0.4) is 0 Å². The third-order valence-corrected chi connectivity index (χ3v) is 9.33. The number of nitrogens with zero attached hydrogens (tertiary/aromatic N) is 1. The predicted octanol–water partition coefficient (Wildman–Crippen LogP) is 1.91. The van der Waals surface area contributed by atoms with E-state index in [0.717, 1.165) is 0 Å². The highest BCUT2D eigenvalue weighted by Gasteiger charge is 2.52. The number of hydrogen-bond donors (Lipinski definition) is 4. The van der Waals surface area contributed by atoms with E-state index in [-0.39, 0.29) is 18.4 Å². The molecule has 13 heteroatoms. The van der Waals surface area contributed by atoms with Gasteiger partial charge in [-0.2, -0.15) is 4.65 Å². The predicted molar refractivity (Wildman–Crippen MR) is 162 cm³/mol. The molecule has 0 aliphatic carbocycles. The summed E-state index contributed by atoms with van der Waals surface area (Å²) in [6, 6.07) is -0.659. The van der Waals surface area contributed by atoms with Gasteiger partial charge in [-0.25, -0.2) is 5.21 Å². The number of likely N-dealkylation sites (N-methyl/N-ethyl adjacent to an activating group) is 1. The van der Waals surface area contributed by atoms with E-state index in [1.54, 1.807) is 48.7 Å². The van der Waals surface area contributed by atoms with Crippen LogP contribution in [-0.4, -0.2) is 125 Å². The van der Waals surface area contributed by atoms with Gasteiger partial charge in [0.2, 0.25) is 0 Å². The molecule has 2 aliphatic rings. The summed E-state index contributed by atoms with van der Waals surface area (Å²) in [5, 5.41) is 45.0. The molecule has 0 aromatic carbocycles. The Balaban J connectivity index is 2.69. The van der Waals surface area contributed by atoms with Gasteiger partial charge in [0.15, 0.2) is 24.2 Å². The maximum Gasteiger partial charge on any atom is 0.311 e. The molecule has 2 aliphatic heterocycles. The first-order chi connectivity index (χ1) is 20.6. The number of carbonyl (C=O) groups is 3. The summed E-state index contributed by atoms with van der Waals surface area (Å²) in [6.07, 6.45) is -4.59. The molecule has 13 nitrogen and oxygen atoms in total. The molecule has 0 aromatic heterocycles. The number of ether oxygens (including phenoxy) is 5. The number of methoxy groups -OCH3 is 1. The molecule has 2 heterocycles. The molecule has 2 rings (SSSR count). The number of rotatable bonds is 7. The molecule has 45 heavy (non-hydrogen) atoms. The van der Waals surface area contributed by atoms with E-state index in [4.69, 9.17) is 23.7 Å². The van der Waals surface area contributed by atoms with Crippen LogP contribution in [0, 0.1) is 17.8 Å². The topological polar surface area (TPSA) is 178 Å². The highest BCUT2D eigenvalue weighted by molar-refractivity contribution is 5.97. The molecule has 12 atom stereocenters. The monoisotopic (exact) mass is 646 g/mol. The largest absolute Gasteiger partial charge is 0.461 e. The molecule has 0 spiro atoms. The summed E-state index contributed by atoms with van der Waals surface area (Å²) < 4.78 is 28.8. The van der Waals surface area contributed by atoms with Crippen LogP contribution >= 0.6 is 0 Å². The van der Waals surface area contributed by atoms with Gasteiger partial charge in [0.1, 0.15) is 18.3 Å². The third kappa shape index (κ3) is 9.54. The van der Waals surface area contributed by atoms with E-state index in [2.05, 4.69) is 0 Å². The third-order valence-electron chi connectivity index (χ3n) is 9.33. The average molecular weight is 647 g/mol. The highest BCUT2D eigenvalue weighted by atomic mass is 16.7. The van der Waals surface area contributed by atoms with Gasteiger partial charge in [-0.15, -0.1) is 0 Å². The van der Waals surface area contributed by atoms with Gasteiger partial charge >= 0.3 is 11.9 Å². The Morgan fingerprint density at radius 2 is 1.71 bits per heavy atom. The minimum Gasteiger partial charge on any atom is -0.461 e. The molecule has 0 bridgehead atoms. The SMILES string of the molecule is CC[C@H]1OC(=O)[C@H](C)[C@@H](O)[C@H](C)[C@@H](O[C@@H]2O[C@H](C)C[C@H]([N+](C)(C)O)[C@H]2O)[C@@](C)(OC)C[C@@H](C)C(=O)/C(COC(C)=O)=C/[C@]1(C)O. The van der Waals surface area contributed by atoms with Gasteiger partial charge in [-0.3, -0.25) is 14.4 Å². The lowest BCUT2D eigenvalue weighted by Gasteiger charge is -2.47. The fourth-order valence-electron chi connectivity index (χ4n) is 6.52. The summed E-state index contributed by atoms with van der Waals surface area (Å²) in [4.78, 5) is 38.9. The Hall–Kier alpha value is -1.97. The normalized spacial score (nSPS) is 42.2. The van der Waals surface area contributed by atoms with Crippen molar-refractivity contribution in [3.8, 4) is 0 Å². The summed E-state index contributed by atoms with van der Waals surface area (Å²) in [5.74, 6) is -4.55. The lowest BCUT2D eigenvalue weighted by Crippen LogP contribution is -2.63. The van der Waals surface area contributed by atoms with Crippen LogP contribution in [0.1, 0.15) is 74.7 Å². The number of aliphatic hydroxyl groups excluding tert-OH is 2. The number of esters is 2. The molecule has 260 valence electrons. The molecule has 1 saturated heterocycles. The van der Waals surface area contributed by atoms with E-state index in [0.29, 0.717) is 6.42 Å². The molecule has 0 aromatic rings. The van der Waals surface area contributed by atoms with Crippen molar-refractivity contribution in [2.75, 3.05) is 27.8 Å². The minimum atomic E-state index is -1.81. The summed E-state index contributed by atoms with van der Waals surface area (Å²) in [5.41, 5.74) is -3.11. The number of carbonyl (C=O) groups excluding carboxylic acids is 3. The first kappa shape index (κ1) is 39.2. The van der Waals surface area contributed by atoms with Gasteiger partial charge in [-0.05, 0) is 46.6 Å². The van der Waals surface area contributed by atoms with E-state index in [1.165, 1.54) is 34.0 Å². The van der Waals surface area contributed by atoms with Crippen molar-refractivity contribution in [3.05, 3.63) is 11.6 Å². The zero-order valence-electron chi connectivity index (χ0n) is 28.7. The maximum absolute atomic E-state index is 13.9. The first-order valence-electron chi connectivity index (χ1n) is 15.7. The number of ketones is 1. The van der Waals surface area contributed by atoms with Crippen LogP contribution in [0.2, 0.25) is 0 Å². The van der Waals surface area contributed by atoms with Gasteiger partial charge in [0.25, 0.3) is 0 Å². The standard InChI is InChI=1S/C32H56NO12/c1-12-24-31(7,39)15-22(16-42-21(6)34)25(35)17(2)14-32(8,41-11)28(19(4)26(36)20(5)29(38)44-24)45-30-27(37)23(33(9,10)40)13-18(3)43-30/h15,17-20,23-24,26-28,30,36-37,39-40H,12-14,16H2,1-11H3/q+1/b22-15+/t17-,18-,19+,20-,23+,24-,26+,27-,28-,30+,31+,32+/m1/s1. The van der Waals surface area contributed by atoms with Gasteiger partial charge in [0, 0.05) is 37.9 Å². The van der Waals surface area contributed by atoms with E-state index < -0.39 is 101 Å². The Kier molecular flexibility index (Phi) is 13.3. The molecule has 1 fully saturated rings. The van der Waals surface area contributed by atoms with Crippen molar-refractivity contribution < 1.29 is 63.2 Å². The molecule has 0 unspecified atom stereocenters. The lowest BCUT2D eigenvalue weighted by molar-refractivity contribution is -1.09. The van der Waals surface area contributed by atoms with Crippen molar-refractivity contribution in [2.45, 2.75) is 129 Å². The Morgan fingerprint density at radius 3 is 2.22 bits per heavy atom. The van der Waals surface area contributed by atoms with Crippen LogP contribution in [0.5, 0.6) is 0 Å². The highest BCUT2D eigenvalue weighted by Crippen LogP contribution is 2.38. The number of hydroxylamine groups is 3. The molecular formula is C32H56NO12+. The minimum absolute atomic E-state index is 0.0111. The first-order valence-corrected chi connectivity index (χ1v) is 15.7. The van der Waals surface area contributed by atoms with Gasteiger partial charge in [0.05, 0.1) is 43.9 Å². The Bertz CT molecular complexity index is 1070. The van der Waals surface area contributed by atoms with Gasteiger partial charge in [-0.1, -0.05) is 20.8 Å². The van der Waals surface area contributed by atoms with E-state index in [9.17, 15) is 34.9 Å². The summed E-state index contributed by atoms with van der Waals surface area (Å²) in [6.45, 7) is 12.2.